The molecule has 0 fully saturated rings. The molecule has 0 saturated carbocycles. The van der Waals surface area contributed by atoms with Crippen LogP contribution in [0.1, 0.15) is 25.0 Å². The van der Waals surface area contributed by atoms with Crippen molar-refractivity contribution in [3.05, 3.63) is 29.3 Å². The molecule has 0 amide bonds. The Hall–Kier alpha value is -1.10. The summed E-state index contributed by atoms with van der Waals surface area (Å²) in [5, 5.41) is 0. The Morgan fingerprint density at radius 3 is 1.79 bits per heavy atom. The van der Waals surface area contributed by atoms with Crippen molar-refractivity contribution in [3.63, 3.8) is 0 Å². The minimum atomic E-state index is -1.13. The molecule has 0 spiro atoms. The first-order chi connectivity index (χ1) is 8.88. The van der Waals surface area contributed by atoms with E-state index in [-0.39, 0.29) is 0 Å². The number of methoxy groups -OCH3 is 4. The molecule has 1 aromatic carbocycles. The average molecular weight is 268 g/mol. The van der Waals surface area contributed by atoms with Crippen molar-refractivity contribution < 1.29 is 18.9 Å². The fraction of sp³-hybridized carbons (Fsp3) is 0.600. The molecule has 0 unspecified atom stereocenters. The highest BCUT2D eigenvalue weighted by molar-refractivity contribution is 5.39. The third-order valence-corrected chi connectivity index (χ3v) is 3.69. The van der Waals surface area contributed by atoms with Gasteiger partial charge in [0, 0.05) is 21.3 Å². The van der Waals surface area contributed by atoms with Crippen molar-refractivity contribution in [1.82, 2.24) is 0 Å². The summed E-state index contributed by atoms with van der Waals surface area (Å²) in [6.45, 7) is 6.04. The SMILES string of the molecule is COc1ccc(C(C)(C)C(OC)(OC)OC)cc1C. The highest BCUT2D eigenvalue weighted by Crippen LogP contribution is 2.39. The highest BCUT2D eigenvalue weighted by atomic mass is 16.9. The predicted molar refractivity (Wildman–Crippen MR) is 74.5 cm³/mol. The van der Waals surface area contributed by atoms with E-state index in [9.17, 15) is 0 Å². The second-order valence-corrected chi connectivity index (χ2v) is 4.98. The van der Waals surface area contributed by atoms with Gasteiger partial charge in [-0.25, -0.2) is 0 Å². The van der Waals surface area contributed by atoms with Gasteiger partial charge < -0.3 is 18.9 Å². The molecule has 0 aromatic heterocycles. The molecule has 0 aliphatic carbocycles. The highest BCUT2D eigenvalue weighted by Gasteiger charge is 2.48. The third-order valence-electron chi connectivity index (χ3n) is 3.69. The smallest absolute Gasteiger partial charge is 0.291 e. The topological polar surface area (TPSA) is 36.9 Å². The number of rotatable bonds is 6. The van der Waals surface area contributed by atoms with Crippen LogP contribution in [0.3, 0.4) is 0 Å². The van der Waals surface area contributed by atoms with E-state index in [1.807, 2.05) is 32.9 Å². The van der Waals surface area contributed by atoms with Gasteiger partial charge in [0.2, 0.25) is 0 Å². The fourth-order valence-corrected chi connectivity index (χ4v) is 2.46. The summed E-state index contributed by atoms with van der Waals surface area (Å²) in [4.78, 5) is 0. The summed E-state index contributed by atoms with van der Waals surface area (Å²) >= 11 is 0. The molecule has 19 heavy (non-hydrogen) atoms. The second-order valence-electron chi connectivity index (χ2n) is 4.98. The van der Waals surface area contributed by atoms with Crippen molar-refractivity contribution in [1.29, 1.82) is 0 Å². The third kappa shape index (κ3) is 2.61. The molecule has 0 radical (unpaired) electrons. The molecule has 1 aromatic rings. The van der Waals surface area contributed by atoms with Crippen molar-refractivity contribution >= 4 is 0 Å². The van der Waals surface area contributed by atoms with Crippen LogP contribution in [0.4, 0.5) is 0 Å². The van der Waals surface area contributed by atoms with Crippen molar-refractivity contribution in [2.75, 3.05) is 28.4 Å². The molecule has 4 heteroatoms. The summed E-state index contributed by atoms with van der Waals surface area (Å²) in [5.74, 6) is -0.272. The fourth-order valence-electron chi connectivity index (χ4n) is 2.46. The predicted octanol–water partition coefficient (Wildman–Crippen LogP) is 2.87. The van der Waals surface area contributed by atoms with E-state index < -0.39 is 11.4 Å². The lowest BCUT2D eigenvalue weighted by atomic mass is 9.81. The van der Waals surface area contributed by atoms with Crippen molar-refractivity contribution in [2.24, 2.45) is 0 Å². The van der Waals surface area contributed by atoms with Crippen LogP contribution in [-0.2, 0) is 19.6 Å². The number of hydrogen-bond acceptors (Lipinski definition) is 4. The monoisotopic (exact) mass is 268 g/mol. The van der Waals surface area contributed by atoms with Gasteiger partial charge in [-0.3, -0.25) is 0 Å². The molecular weight excluding hydrogens is 244 g/mol. The average Bonchev–Trinajstić information content (AvgIpc) is 2.41. The molecule has 0 saturated heterocycles. The largest absolute Gasteiger partial charge is 0.496 e. The standard InChI is InChI=1S/C15H24O4/c1-11-10-12(8-9-13(11)16-4)14(2,3)15(17-5,18-6)19-7/h8-10H,1-7H3. The summed E-state index contributed by atoms with van der Waals surface area (Å²) in [5.41, 5.74) is 1.63. The minimum absolute atomic E-state index is 0.484. The zero-order chi connectivity index (χ0) is 14.7. The lowest BCUT2D eigenvalue weighted by Crippen LogP contribution is -2.52. The first-order valence-electron chi connectivity index (χ1n) is 6.19. The zero-order valence-electron chi connectivity index (χ0n) is 12.9. The molecule has 0 bridgehead atoms. The van der Waals surface area contributed by atoms with E-state index in [1.165, 1.54) is 0 Å². The molecule has 4 nitrogen and oxygen atoms in total. The van der Waals surface area contributed by atoms with Gasteiger partial charge in [0.05, 0.1) is 12.5 Å². The maximum Gasteiger partial charge on any atom is 0.291 e. The molecular formula is C15H24O4. The maximum absolute atomic E-state index is 5.48. The van der Waals surface area contributed by atoms with Crippen LogP contribution in [-0.4, -0.2) is 34.4 Å². The lowest BCUT2D eigenvalue weighted by molar-refractivity contribution is -0.382. The summed E-state index contributed by atoms with van der Waals surface area (Å²) in [7, 11) is 6.39. The van der Waals surface area contributed by atoms with Crippen LogP contribution in [0, 0.1) is 6.92 Å². The normalized spacial score (nSPS) is 12.6. The Morgan fingerprint density at radius 2 is 1.42 bits per heavy atom. The Bertz CT molecular complexity index is 414. The molecule has 0 atom stereocenters. The molecule has 108 valence electrons. The molecule has 0 aliphatic heterocycles. The first-order valence-corrected chi connectivity index (χ1v) is 6.19. The van der Waals surface area contributed by atoms with Gasteiger partial charge in [-0.15, -0.1) is 0 Å². The van der Waals surface area contributed by atoms with Gasteiger partial charge in [0.1, 0.15) is 5.75 Å². The molecule has 0 heterocycles. The summed E-state index contributed by atoms with van der Waals surface area (Å²) in [6.07, 6.45) is 0. The van der Waals surface area contributed by atoms with Crippen molar-refractivity contribution in [2.45, 2.75) is 32.2 Å². The molecule has 0 N–H and O–H groups in total. The van der Waals surface area contributed by atoms with Crippen LogP contribution >= 0.6 is 0 Å². The number of ether oxygens (including phenoxy) is 4. The van der Waals surface area contributed by atoms with E-state index in [4.69, 9.17) is 18.9 Å². The Labute approximate surface area is 115 Å². The zero-order valence-corrected chi connectivity index (χ0v) is 12.9. The Morgan fingerprint density at radius 1 is 0.895 bits per heavy atom. The number of benzene rings is 1. The molecule has 0 aliphatic rings. The van der Waals surface area contributed by atoms with Gasteiger partial charge in [-0.1, -0.05) is 12.1 Å². The van der Waals surface area contributed by atoms with E-state index in [2.05, 4.69) is 6.07 Å². The lowest BCUT2D eigenvalue weighted by Gasteiger charge is -2.42. The van der Waals surface area contributed by atoms with E-state index in [0.717, 1.165) is 16.9 Å². The Kier molecular flexibility index (Phi) is 4.96. The molecule has 1 rings (SSSR count). The quantitative estimate of drug-likeness (QED) is 0.743. The number of hydrogen-bond donors (Lipinski definition) is 0. The summed E-state index contributed by atoms with van der Waals surface area (Å²) in [6, 6.07) is 6.00. The van der Waals surface area contributed by atoms with Gasteiger partial charge in [0.25, 0.3) is 5.97 Å². The van der Waals surface area contributed by atoms with Crippen LogP contribution in [0.15, 0.2) is 18.2 Å². The Balaban J connectivity index is 3.29. The summed E-state index contributed by atoms with van der Waals surface area (Å²) < 4.78 is 21.7. The van der Waals surface area contributed by atoms with Crippen LogP contribution < -0.4 is 4.74 Å². The van der Waals surface area contributed by atoms with E-state index >= 15 is 0 Å². The van der Waals surface area contributed by atoms with Gasteiger partial charge in [-0.2, -0.15) is 0 Å². The minimum Gasteiger partial charge on any atom is -0.496 e. The van der Waals surface area contributed by atoms with Crippen LogP contribution in [0.2, 0.25) is 0 Å². The van der Waals surface area contributed by atoms with Gasteiger partial charge in [0.15, 0.2) is 0 Å². The van der Waals surface area contributed by atoms with Crippen LogP contribution in [0.5, 0.6) is 5.75 Å². The number of aryl methyl sites for hydroxylation is 1. The van der Waals surface area contributed by atoms with Crippen molar-refractivity contribution in [3.8, 4) is 5.75 Å². The van der Waals surface area contributed by atoms with Gasteiger partial charge >= 0.3 is 0 Å². The van der Waals surface area contributed by atoms with E-state index in [0.29, 0.717) is 0 Å². The van der Waals surface area contributed by atoms with Gasteiger partial charge in [-0.05, 0) is 38.0 Å². The first kappa shape index (κ1) is 16.0. The second kappa shape index (κ2) is 5.90. The maximum atomic E-state index is 5.48. The van der Waals surface area contributed by atoms with E-state index in [1.54, 1.807) is 28.4 Å². The van der Waals surface area contributed by atoms with Crippen LogP contribution in [0.25, 0.3) is 0 Å².